The first-order valence-electron chi connectivity index (χ1n) is 12.3. The third-order valence-corrected chi connectivity index (χ3v) is 9.30. The Bertz CT molecular complexity index is 1180. The van der Waals surface area contributed by atoms with E-state index in [1.807, 2.05) is 13.8 Å². The highest BCUT2D eigenvalue weighted by Crippen LogP contribution is 2.32. The van der Waals surface area contributed by atoms with Crippen molar-refractivity contribution in [1.29, 1.82) is 0 Å². The highest BCUT2D eigenvalue weighted by atomic mass is 32.2. The van der Waals surface area contributed by atoms with Gasteiger partial charge in [-0.3, -0.25) is 9.69 Å². The molecule has 0 unspecified atom stereocenters. The van der Waals surface area contributed by atoms with Crippen LogP contribution in [0.3, 0.4) is 0 Å². The summed E-state index contributed by atoms with van der Waals surface area (Å²) in [6, 6.07) is 2.33. The summed E-state index contributed by atoms with van der Waals surface area (Å²) >= 11 is 0.969. The van der Waals surface area contributed by atoms with Gasteiger partial charge >= 0.3 is 0 Å². The van der Waals surface area contributed by atoms with E-state index >= 15 is 0 Å². The minimum absolute atomic E-state index is 0.0130. The van der Waals surface area contributed by atoms with Crippen LogP contribution in [0.4, 0.5) is 19.7 Å². The maximum Gasteiger partial charge on any atom is 0.212 e. The molecule has 0 spiro atoms. The fourth-order valence-corrected chi connectivity index (χ4v) is 7.30. The largest absolute Gasteiger partial charge is 0.382 e. The van der Waals surface area contributed by atoms with Gasteiger partial charge in [0.05, 0.1) is 11.3 Å². The van der Waals surface area contributed by atoms with Crippen LogP contribution >= 0.6 is 11.3 Å². The molecule has 8 nitrogen and oxygen atoms in total. The molecule has 12 heteroatoms. The lowest BCUT2D eigenvalue weighted by Crippen LogP contribution is -2.41. The number of thiazole rings is 1. The van der Waals surface area contributed by atoms with E-state index in [4.69, 9.17) is 5.73 Å². The third kappa shape index (κ3) is 6.58. The first kappa shape index (κ1) is 26.9. The van der Waals surface area contributed by atoms with Gasteiger partial charge in [-0.15, -0.1) is 0 Å². The molecule has 1 aromatic carbocycles. The normalized spacial score (nSPS) is 20.9. The SMILES string of the molecule is CC(C)CS(=O)(=O)NC1CCC(Nc2nc(N)c(C(=O)c3c(F)cc(CN4CCC4)cc3F)s2)CC1. The van der Waals surface area contributed by atoms with Gasteiger partial charge in [-0.25, -0.2) is 26.9 Å². The molecule has 2 aromatic rings. The maximum absolute atomic E-state index is 14.8. The van der Waals surface area contributed by atoms with Gasteiger partial charge < -0.3 is 11.1 Å². The number of nitrogens with two attached hydrogens (primary N) is 1. The number of ketones is 1. The number of carbonyl (C=O) groups excluding carboxylic acids is 1. The number of nitrogens with zero attached hydrogens (tertiary/aromatic N) is 2. The minimum Gasteiger partial charge on any atom is -0.382 e. The van der Waals surface area contributed by atoms with Crippen LogP contribution in [0.15, 0.2) is 12.1 Å². The first-order chi connectivity index (χ1) is 17.0. The lowest BCUT2D eigenvalue weighted by atomic mass is 9.92. The van der Waals surface area contributed by atoms with E-state index in [0.717, 1.165) is 30.8 Å². The summed E-state index contributed by atoms with van der Waals surface area (Å²) in [5.74, 6) is -2.56. The van der Waals surface area contributed by atoms with E-state index in [-0.39, 0.29) is 34.4 Å². The Labute approximate surface area is 214 Å². The fourth-order valence-electron chi connectivity index (χ4n) is 4.67. The zero-order valence-electron chi connectivity index (χ0n) is 20.5. The number of rotatable bonds is 10. The topological polar surface area (TPSA) is 117 Å². The zero-order chi connectivity index (χ0) is 26.0. The molecule has 1 saturated heterocycles. The van der Waals surface area contributed by atoms with Crippen LogP contribution < -0.4 is 15.8 Å². The molecule has 1 saturated carbocycles. The van der Waals surface area contributed by atoms with Crippen LogP contribution in [0.1, 0.15) is 66.8 Å². The number of halogens is 2. The number of likely N-dealkylation sites (tertiary alicyclic amines) is 1. The number of hydrogen-bond donors (Lipinski definition) is 3. The van der Waals surface area contributed by atoms with E-state index < -0.39 is 33.0 Å². The Balaban J connectivity index is 1.37. The van der Waals surface area contributed by atoms with Gasteiger partial charge in [0.25, 0.3) is 0 Å². The summed E-state index contributed by atoms with van der Waals surface area (Å²) in [6.07, 6.45) is 3.82. The van der Waals surface area contributed by atoms with E-state index in [1.54, 1.807) is 0 Å². The molecular weight excluding hydrogens is 508 g/mol. The van der Waals surface area contributed by atoms with Crippen molar-refractivity contribution in [2.24, 2.45) is 5.92 Å². The summed E-state index contributed by atoms with van der Waals surface area (Å²) in [7, 11) is -3.31. The average molecular weight is 542 g/mol. The number of aromatic nitrogens is 1. The second-order valence-corrected chi connectivity index (χ2v) is 12.9. The van der Waals surface area contributed by atoms with Gasteiger partial charge in [-0.05, 0) is 68.8 Å². The molecule has 2 heterocycles. The fraction of sp³-hybridized carbons (Fsp3) is 0.583. The monoisotopic (exact) mass is 541 g/mol. The van der Waals surface area contributed by atoms with E-state index in [2.05, 4.69) is 19.9 Å². The first-order valence-corrected chi connectivity index (χ1v) is 14.8. The van der Waals surface area contributed by atoms with Crippen LogP contribution in [0.25, 0.3) is 0 Å². The minimum atomic E-state index is -3.31. The van der Waals surface area contributed by atoms with Crippen LogP contribution in [-0.2, 0) is 16.6 Å². The van der Waals surface area contributed by atoms with Crippen molar-refractivity contribution in [3.8, 4) is 0 Å². The Morgan fingerprint density at radius 3 is 2.33 bits per heavy atom. The highest BCUT2D eigenvalue weighted by molar-refractivity contribution is 7.89. The number of nitrogens with one attached hydrogen (secondary N) is 2. The van der Waals surface area contributed by atoms with Gasteiger partial charge in [-0.2, -0.15) is 0 Å². The number of carbonyl (C=O) groups is 1. The lowest BCUT2D eigenvalue weighted by Gasteiger charge is -2.30. The van der Waals surface area contributed by atoms with E-state index in [9.17, 15) is 22.0 Å². The molecule has 4 rings (SSSR count). The van der Waals surface area contributed by atoms with Gasteiger partial charge in [0.2, 0.25) is 15.8 Å². The Hall–Kier alpha value is -2.15. The smallest absolute Gasteiger partial charge is 0.212 e. The molecule has 36 heavy (non-hydrogen) atoms. The van der Waals surface area contributed by atoms with Crippen molar-refractivity contribution in [2.75, 3.05) is 29.9 Å². The van der Waals surface area contributed by atoms with E-state index in [0.29, 0.717) is 42.9 Å². The van der Waals surface area contributed by atoms with Crippen molar-refractivity contribution < 1.29 is 22.0 Å². The number of sulfonamides is 1. The number of benzene rings is 1. The van der Waals surface area contributed by atoms with Crippen LogP contribution in [-0.4, -0.2) is 55.0 Å². The average Bonchev–Trinajstić information content (AvgIpc) is 3.10. The second kappa shape index (κ2) is 11.1. The molecular formula is C24H33F2N5O3S2. The predicted octanol–water partition coefficient (Wildman–Crippen LogP) is 3.74. The predicted molar refractivity (Wildman–Crippen MR) is 138 cm³/mol. The standard InChI is InChI=1S/C24H33F2N5O3S2/c1-14(2)13-36(33,34)30-17-6-4-16(5-7-17)28-24-29-23(27)22(35-24)21(32)20-18(25)10-15(11-19(20)26)12-31-8-3-9-31/h10-11,14,16-17,30H,3-9,12-13,27H2,1-2H3,(H,28,29). The molecule has 0 atom stereocenters. The van der Waals surface area contributed by atoms with Crippen molar-refractivity contribution in [2.45, 2.75) is 64.6 Å². The molecule has 4 N–H and O–H groups in total. The molecule has 1 aromatic heterocycles. The van der Waals surface area contributed by atoms with E-state index in [1.165, 1.54) is 12.1 Å². The number of anilines is 2. The summed E-state index contributed by atoms with van der Waals surface area (Å²) in [6.45, 7) is 5.97. The number of nitrogen functional groups attached to an aromatic ring is 1. The van der Waals surface area contributed by atoms with Crippen LogP contribution in [0, 0.1) is 17.6 Å². The maximum atomic E-state index is 14.8. The lowest BCUT2D eigenvalue weighted by molar-refractivity contribution is 0.103. The van der Waals surface area contributed by atoms with Gasteiger partial charge in [0.1, 0.15) is 22.3 Å². The Kier molecular flexibility index (Phi) is 8.28. The van der Waals surface area contributed by atoms with Crippen molar-refractivity contribution in [3.05, 3.63) is 39.8 Å². The summed E-state index contributed by atoms with van der Waals surface area (Å²) < 4.78 is 56.7. The quantitative estimate of drug-likeness (QED) is 0.392. The highest BCUT2D eigenvalue weighted by Gasteiger charge is 2.28. The van der Waals surface area contributed by atoms with Crippen molar-refractivity contribution in [3.63, 3.8) is 0 Å². The Morgan fingerprint density at radius 2 is 1.78 bits per heavy atom. The molecule has 2 fully saturated rings. The van der Waals surface area contributed by atoms with Crippen LogP contribution in [0.5, 0.6) is 0 Å². The molecule has 0 bridgehead atoms. The third-order valence-electron chi connectivity index (χ3n) is 6.50. The number of hydrogen-bond acceptors (Lipinski definition) is 8. The summed E-state index contributed by atoms with van der Waals surface area (Å²) in [5, 5.41) is 3.64. The zero-order valence-corrected chi connectivity index (χ0v) is 22.2. The molecule has 0 amide bonds. The molecule has 198 valence electrons. The summed E-state index contributed by atoms with van der Waals surface area (Å²) in [4.78, 5) is 19.2. The molecule has 1 aliphatic heterocycles. The van der Waals surface area contributed by atoms with Crippen LogP contribution in [0.2, 0.25) is 0 Å². The summed E-state index contributed by atoms with van der Waals surface area (Å²) in [5.41, 5.74) is 5.81. The van der Waals surface area contributed by atoms with Crippen molar-refractivity contribution in [1.82, 2.24) is 14.6 Å². The molecule has 0 radical (unpaired) electrons. The Morgan fingerprint density at radius 1 is 1.17 bits per heavy atom. The van der Waals surface area contributed by atoms with Crippen molar-refractivity contribution >= 4 is 38.1 Å². The molecule has 1 aliphatic carbocycles. The molecule has 2 aliphatic rings. The van der Waals surface area contributed by atoms with Gasteiger partial charge in [-0.1, -0.05) is 25.2 Å². The van der Waals surface area contributed by atoms with Gasteiger partial charge in [0.15, 0.2) is 5.13 Å². The second-order valence-electron chi connectivity index (χ2n) is 10.1. The van der Waals surface area contributed by atoms with Gasteiger partial charge in [0, 0.05) is 18.6 Å².